The molecule has 5 heteroatoms. The van der Waals surface area contributed by atoms with Crippen molar-refractivity contribution in [3.63, 3.8) is 0 Å². The third kappa shape index (κ3) is 18.7. The molecule has 30 heavy (non-hydrogen) atoms. The quantitative estimate of drug-likeness (QED) is 0.291. The van der Waals surface area contributed by atoms with Gasteiger partial charge in [0, 0.05) is 6.42 Å². The molecule has 0 aliphatic rings. The molecule has 0 aromatic heterocycles. The standard InChI is InChI=1S/C25H37NO4/c1-2-3-4-5-6-7-8-9-10-11-12-13-14-15-16-17-18-19-20-21-24(28)26-23(22-27)25(29)30/h3-4,6-7,9-10,12-13,15-16,18-19,23,27H,2,5,8,11,14,17,20-22H2,1H3,(H,26,28)(H,29,30)/b4-3-,7-6-,10-9-,13-12-,16-15-,19-18-/t23-/m0/s1. The van der Waals surface area contributed by atoms with Crippen molar-refractivity contribution in [1.82, 2.24) is 5.32 Å². The van der Waals surface area contributed by atoms with Crippen LogP contribution in [0.3, 0.4) is 0 Å². The number of aliphatic carboxylic acids is 1. The largest absolute Gasteiger partial charge is 0.480 e. The van der Waals surface area contributed by atoms with Gasteiger partial charge in [-0.3, -0.25) is 4.79 Å². The van der Waals surface area contributed by atoms with Crippen molar-refractivity contribution in [3.8, 4) is 0 Å². The zero-order chi connectivity index (χ0) is 22.3. The Kier molecular flexibility index (Phi) is 19.2. The van der Waals surface area contributed by atoms with Gasteiger partial charge >= 0.3 is 5.97 Å². The predicted octanol–water partition coefficient (Wildman–Crippen LogP) is 5.03. The van der Waals surface area contributed by atoms with Gasteiger partial charge in [-0.15, -0.1) is 0 Å². The van der Waals surface area contributed by atoms with Crippen molar-refractivity contribution < 1.29 is 19.8 Å². The number of carboxylic acid groups (broad SMARTS) is 1. The van der Waals surface area contributed by atoms with Crippen molar-refractivity contribution in [2.24, 2.45) is 0 Å². The highest BCUT2D eigenvalue weighted by atomic mass is 16.4. The van der Waals surface area contributed by atoms with Crippen LogP contribution >= 0.6 is 0 Å². The number of carbonyl (C=O) groups is 2. The Hall–Kier alpha value is -2.66. The number of rotatable bonds is 17. The number of carboxylic acids is 1. The molecule has 3 N–H and O–H groups in total. The summed E-state index contributed by atoms with van der Waals surface area (Å²) in [4.78, 5) is 22.3. The molecule has 0 aliphatic heterocycles. The molecule has 0 saturated carbocycles. The van der Waals surface area contributed by atoms with E-state index in [4.69, 9.17) is 10.2 Å². The van der Waals surface area contributed by atoms with Crippen molar-refractivity contribution in [2.75, 3.05) is 6.61 Å². The Labute approximate surface area is 181 Å². The summed E-state index contributed by atoms with van der Waals surface area (Å²) in [5.74, 6) is -1.62. The first-order chi connectivity index (χ1) is 14.6. The minimum Gasteiger partial charge on any atom is -0.480 e. The summed E-state index contributed by atoms with van der Waals surface area (Å²) >= 11 is 0. The van der Waals surface area contributed by atoms with E-state index < -0.39 is 18.6 Å². The first-order valence-corrected chi connectivity index (χ1v) is 10.6. The average molecular weight is 416 g/mol. The Bertz CT molecular complexity index is 627. The summed E-state index contributed by atoms with van der Waals surface area (Å²) in [6, 6.07) is -1.23. The van der Waals surface area contributed by atoms with Gasteiger partial charge in [0.25, 0.3) is 0 Å². The maximum Gasteiger partial charge on any atom is 0.328 e. The maximum atomic E-state index is 11.5. The molecule has 1 atom stereocenters. The number of nitrogens with one attached hydrogen (secondary N) is 1. The lowest BCUT2D eigenvalue weighted by Gasteiger charge is -2.10. The van der Waals surface area contributed by atoms with Crippen LogP contribution in [0.15, 0.2) is 72.9 Å². The van der Waals surface area contributed by atoms with E-state index in [1.54, 1.807) is 0 Å². The van der Waals surface area contributed by atoms with Crippen molar-refractivity contribution in [1.29, 1.82) is 0 Å². The van der Waals surface area contributed by atoms with Crippen LogP contribution in [0.25, 0.3) is 0 Å². The first kappa shape index (κ1) is 27.3. The van der Waals surface area contributed by atoms with E-state index in [2.05, 4.69) is 73.0 Å². The van der Waals surface area contributed by atoms with E-state index in [1.807, 2.05) is 12.2 Å². The fourth-order valence-electron chi connectivity index (χ4n) is 2.31. The van der Waals surface area contributed by atoms with E-state index in [0.717, 1.165) is 38.5 Å². The van der Waals surface area contributed by atoms with Crippen LogP contribution in [-0.4, -0.2) is 34.7 Å². The van der Waals surface area contributed by atoms with E-state index in [-0.39, 0.29) is 12.3 Å². The van der Waals surface area contributed by atoms with Gasteiger partial charge in [0.05, 0.1) is 6.61 Å². The normalized spacial score (nSPS) is 13.7. The number of amides is 1. The molecule has 0 unspecified atom stereocenters. The lowest BCUT2D eigenvalue weighted by Crippen LogP contribution is -2.43. The van der Waals surface area contributed by atoms with Crippen molar-refractivity contribution in [2.45, 2.75) is 64.3 Å². The molecule has 0 rings (SSSR count). The zero-order valence-electron chi connectivity index (χ0n) is 18.1. The zero-order valence-corrected chi connectivity index (χ0v) is 18.1. The molecule has 0 radical (unpaired) electrons. The van der Waals surface area contributed by atoms with Gasteiger partial charge in [-0.05, 0) is 44.9 Å². The van der Waals surface area contributed by atoms with Crippen LogP contribution < -0.4 is 5.32 Å². The lowest BCUT2D eigenvalue weighted by atomic mass is 10.2. The van der Waals surface area contributed by atoms with Gasteiger partial charge in [0.15, 0.2) is 0 Å². The molecule has 0 aliphatic carbocycles. The molecule has 1 amide bonds. The van der Waals surface area contributed by atoms with Gasteiger partial charge in [0.2, 0.25) is 5.91 Å². The number of carbonyl (C=O) groups excluding carboxylic acids is 1. The van der Waals surface area contributed by atoms with Crippen LogP contribution in [0, 0.1) is 0 Å². The second-order valence-electron chi connectivity index (χ2n) is 6.59. The summed E-state index contributed by atoms with van der Waals surface area (Å²) in [5.41, 5.74) is 0. The molecule has 5 nitrogen and oxygen atoms in total. The molecule has 0 spiro atoms. The van der Waals surface area contributed by atoms with Gasteiger partial charge in [-0.1, -0.05) is 79.8 Å². The number of hydrogen-bond donors (Lipinski definition) is 3. The minimum atomic E-state index is -1.24. The molecule has 0 heterocycles. The highest BCUT2D eigenvalue weighted by Gasteiger charge is 2.17. The second-order valence-corrected chi connectivity index (χ2v) is 6.59. The smallest absolute Gasteiger partial charge is 0.328 e. The van der Waals surface area contributed by atoms with Crippen LogP contribution in [-0.2, 0) is 9.59 Å². The summed E-state index contributed by atoms with van der Waals surface area (Å²) in [6.45, 7) is 1.53. The molecule has 0 fully saturated rings. The Morgan fingerprint density at radius 2 is 1.13 bits per heavy atom. The van der Waals surface area contributed by atoms with E-state index in [9.17, 15) is 9.59 Å². The van der Waals surface area contributed by atoms with Gasteiger partial charge < -0.3 is 15.5 Å². The second kappa shape index (κ2) is 21.1. The molecular formula is C25H37NO4. The van der Waals surface area contributed by atoms with E-state index >= 15 is 0 Å². The first-order valence-electron chi connectivity index (χ1n) is 10.6. The van der Waals surface area contributed by atoms with E-state index in [1.165, 1.54) is 0 Å². The third-order valence-electron chi connectivity index (χ3n) is 3.95. The monoisotopic (exact) mass is 415 g/mol. The van der Waals surface area contributed by atoms with Crippen LogP contribution in [0.5, 0.6) is 0 Å². The molecule has 0 aromatic carbocycles. The summed E-state index contributed by atoms with van der Waals surface area (Å²) in [7, 11) is 0. The average Bonchev–Trinajstić information content (AvgIpc) is 2.73. The van der Waals surface area contributed by atoms with E-state index in [0.29, 0.717) is 6.42 Å². The number of hydrogen-bond acceptors (Lipinski definition) is 3. The molecular weight excluding hydrogens is 378 g/mol. The fourth-order valence-corrected chi connectivity index (χ4v) is 2.31. The van der Waals surface area contributed by atoms with Gasteiger partial charge in [0.1, 0.15) is 6.04 Å². The third-order valence-corrected chi connectivity index (χ3v) is 3.95. The van der Waals surface area contributed by atoms with Gasteiger partial charge in [-0.2, -0.15) is 0 Å². The number of allylic oxidation sites excluding steroid dienone is 12. The SMILES string of the molecule is CC/C=C\C/C=C\C/C=C\C/C=C\C/C=C\C/C=C\CCC(=O)N[C@@H](CO)C(=O)O. The number of aliphatic hydroxyl groups is 1. The van der Waals surface area contributed by atoms with Crippen molar-refractivity contribution in [3.05, 3.63) is 72.9 Å². The van der Waals surface area contributed by atoms with Crippen LogP contribution in [0.1, 0.15) is 58.3 Å². The lowest BCUT2D eigenvalue weighted by molar-refractivity contribution is -0.142. The highest BCUT2D eigenvalue weighted by Crippen LogP contribution is 1.98. The van der Waals surface area contributed by atoms with Gasteiger partial charge in [-0.25, -0.2) is 4.79 Å². The minimum absolute atomic E-state index is 0.200. The summed E-state index contributed by atoms with van der Waals surface area (Å²) < 4.78 is 0. The maximum absolute atomic E-state index is 11.5. The summed E-state index contributed by atoms with van der Waals surface area (Å²) in [5, 5.41) is 19.9. The Balaban J connectivity index is 3.70. The fraction of sp³-hybridized carbons (Fsp3) is 0.440. The molecule has 0 aromatic rings. The highest BCUT2D eigenvalue weighted by molar-refractivity contribution is 5.83. The molecule has 0 saturated heterocycles. The molecule has 166 valence electrons. The summed E-state index contributed by atoms with van der Waals surface area (Å²) in [6.07, 6.45) is 31.9. The topological polar surface area (TPSA) is 86.6 Å². The van der Waals surface area contributed by atoms with Crippen LogP contribution in [0.4, 0.5) is 0 Å². The Morgan fingerprint density at radius 1 is 0.733 bits per heavy atom. The predicted molar refractivity (Wildman–Crippen MR) is 124 cm³/mol. The van der Waals surface area contributed by atoms with Crippen LogP contribution in [0.2, 0.25) is 0 Å². The molecule has 0 bridgehead atoms. The Morgan fingerprint density at radius 3 is 1.50 bits per heavy atom. The number of aliphatic hydroxyl groups excluding tert-OH is 1. The van der Waals surface area contributed by atoms with Crippen molar-refractivity contribution >= 4 is 11.9 Å².